The van der Waals surface area contributed by atoms with E-state index in [1.165, 1.54) is 6.08 Å². The van der Waals surface area contributed by atoms with Gasteiger partial charge in [-0.15, -0.1) is 0 Å². The minimum atomic E-state index is -0.918. The average Bonchev–Trinajstić information content (AvgIpc) is 2.38. The molecule has 0 amide bonds. The molecule has 1 aliphatic rings. The van der Waals surface area contributed by atoms with Crippen molar-refractivity contribution in [3.8, 4) is 0 Å². The molecule has 1 aliphatic heterocycles. The maximum absolute atomic E-state index is 10.5. The monoisotopic (exact) mass is 229 g/mol. The largest absolute Gasteiger partial charge is 0.478 e. The molecule has 3 heteroatoms. The van der Waals surface area contributed by atoms with Crippen LogP contribution in [0.2, 0.25) is 0 Å². The van der Waals surface area contributed by atoms with E-state index < -0.39 is 5.97 Å². The molecule has 1 N–H and O–H groups in total. The van der Waals surface area contributed by atoms with Crippen LogP contribution in [0.25, 0.3) is 6.08 Å². The van der Waals surface area contributed by atoms with Crippen molar-refractivity contribution in [1.82, 2.24) is 0 Å². The van der Waals surface area contributed by atoms with Crippen LogP contribution in [-0.2, 0) is 4.79 Å². The van der Waals surface area contributed by atoms with E-state index in [2.05, 4.69) is 17.1 Å². The smallest absolute Gasteiger partial charge is 0.328 e. The first-order valence-corrected chi connectivity index (χ1v) is 5.67. The van der Waals surface area contributed by atoms with E-state index in [9.17, 15) is 4.79 Å². The molecule has 0 unspecified atom stereocenters. The molecule has 3 nitrogen and oxygen atoms in total. The molecule has 0 aromatic heterocycles. The lowest BCUT2D eigenvalue weighted by atomic mass is 10.1. The van der Waals surface area contributed by atoms with Gasteiger partial charge in [0.25, 0.3) is 0 Å². The number of hydrogen-bond donors (Lipinski definition) is 1. The first-order valence-electron chi connectivity index (χ1n) is 5.67. The highest BCUT2D eigenvalue weighted by molar-refractivity contribution is 5.87. The predicted octanol–water partition coefficient (Wildman–Crippen LogP) is 2.55. The molecule has 1 aromatic carbocycles. The van der Waals surface area contributed by atoms with Gasteiger partial charge in [-0.05, 0) is 24.1 Å². The first-order chi connectivity index (χ1) is 8.27. The second-order valence-corrected chi connectivity index (χ2v) is 3.94. The summed E-state index contributed by atoms with van der Waals surface area (Å²) in [5.41, 5.74) is 2.04. The molecular weight excluding hydrogens is 214 g/mol. The van der Waals surface area contributed by atoms with Crippen LogP contribution in [-0.4, -0.2) is 24.2 Å². The van der Waals surface area contributed by atoms with E-state index in [1.54, 1.807) is 6.08 Å². The van der Waals surface area contributed by atoms with Crippen molar-refractivity contribution < 1.29 is 9.90 Å². The molecule has 0 spiro atoms. The van der Waals surface area contributed by atoms with E-state index in [4.69, 9.17) is 5.11 Å². The summed E-state index contributed by atoms with van der Waals surface area (Å²) in [6.45, 7) is 1.87. The van der Waals surface area contributed by atoms with Gasteiger partial charge in [0.1, 0.15) is 0 Å². The van der Waals surface area contributed by atoms with Crippen LogP contribution in [0, 0.1) is 0 Å². The number of carboxylic acid groups (broad SMARTS) is 1. The third-order valence-electron chi connectivity index (χ3n) is 2.74. The summed E-state index contributed by atoms with van der Waals surface area (Å²) in [6.07, 6.45) is 8.18. The summed E-state index contributed by atoms with van der Waals surface area (Å²) in [5, 5.41) is 8.66. The number of anilines is 1. The van der Waals surface area contributed by atoms with Crippen LogP contribution in [0.5, 0.6) is 0 Å². The van der Waals surface area contributed by atoms with E-state index in [0.29, 0.717) is 0 Å². The zero-order valence-electron chi connectivity index (χ0n) is 9.54. The molecule has 0 atom stereocenters. The molecule has 1 heterocycles. The summed E-state index contributed by atoms with van der Waals surface area (Å²) in [7, 11) is 0. The normalized spacial score (nSPS) is 15.4. The minimum absolute atomic E-state index is 0.887. The maximum Gasteiger partial charge on any atom is 0.328 e. The second-order valence-electron chi connectivity index (χ2n) is 3.94. The Hall–Kier alpha value is -2.03. The summed E-state index contributed by atoms with van der Waals surface area (Å²) in [6, 6.07) is 7.87. The number of carboxylic acids is 1. The molecule has 2 rings (SSSR count). The van der Waals surface area contributed by atoms with Gasteiger partial charge in [0, 0.05) is 24.9 Å². The molecule has 0 aliphatic carbocycles. The molecule has 1 aromatic rings. The van der Waals surface area contributed by atoms with Crippen LogP contribution in [0.4, 0.5) is 5.69 Å². The van der Waals surface area contributed by atoms with Gasteiger partial charge in [0.05, 0.1) is 0 Å². The highest BCUT2D eigenvalue weighted by Gasteiger charge is 2.09. The summed E-state index contributed by atoms with van der Waals surface area (Å²) >= 11 is 0. The number of rotatable bonds is 3. The summed E-state index contributed by atoms with van der Waals surface area (Å²) in [4.78, 5) is 12.8. The van der Waals surface area contributed by atoms with E-state index in [1.807, 2.05) is 24.3 Å². The lowest BCUT2D eigenvalue weighted by Gasteiger charge is -2.27. The first kappa shape index (κ1) is 11.5. The summed E-state index contributed by atoms with van der Waals surface area (Å²) in [5.74, 6) is -0.918. The molecule has 0 saturated carbocycles. The Morgan fingerprint density at radius 3 is 2.82 bits per heavy atom. The SMILES string of the molecule is O=C(O)/C=C/c1ccccc1N1CC=CCC1. The van der Waals surface area contributed by atoms with Crippen molar-refractivity contribution in [3.05, 3.63) is 48.1 Å². The van der Waals surface area contributed by atoms with Gasteiger partial charge in [0.2, 0.25) is 0 Å². The fourth-order valence-electron chi connectivity index (χ4n) is 1.94. The topological polar surface area (TPSA) is 40.5 Å². The molecule has 0 fully saturated rings. The Bertz CT molecular complexity index is 463. The number of aliphatic carboxylic acids is 1. The molecule has 88 valence electrons. The maximum atomic E-state index is 10.5. The van der Waals surface area contributed by atoms with E-state index in [-0.39, 0.29) is 0 Å². The number of hydrogen-bond acceptors (Lipinski definition) is 2. The Labute approximate surface area is 101 Å². The standard InChI is InChI=1S/C14H15NO2/c16-14(17)9-8-12-6-2-3-7-13(12)15-10-4-1-5-11-15/h1-4,6-9H,5,10-11H2,(H,16,17)/b9-8+. The zero-order valence-corrected chi connectivity index (χ0v) is 9.54. The fraction of sp³-hybridized carbons (Fsp3) is 0.214. The minimum Gasteiger partial charge on any atom is -0.478 e. The Morgan fingerprint density at radius 2 is 2.12 bits per heavy atom. The Balaban J connectivity index is 2.26. The summed E-state index contributed by atoms with van der Waals surface area (Å²) < 4.78 is 0. The van der Waals surface area contributed by atoms with Crippen LogP contribution in [0.15, 0.2) is 42.5 Å². The highest BCUT2D eigenvalue weighted by atomic mass is 16.4. The van der Waals surface area contributed by atoms with Crippen molar-refractivity contribution in [2.24, 2.45) is 0 Å². The third-order valence-corrected chi connectivity index (χ3v) is 2.74. The molecule has 17 heavy (non-hydrogen) atoms. The van der Waals surface area contributed by atoms with Gasteiger partial charge in [0.15, 0.2) is 0 Å². The van der Waals surface area contributed by atoms with Crippen molar-refractivity contribution in [1.29, 1.82) is 0 Å². The van der Waals surface area contributed by atoms with Gasteiger partial charge in [-0.2, -0.15) is 0 Å². The fourth-order valence-corrected chi connectivity index (χ4v) is 1.94. The highest BCUT2D eigenvalue weighted by Crippen LogP contribution is 2.23. The number of carbonyl (C=O) groups is 1. The molecule has 0 radical (unpaired) electrons. The second kappa shape index (κ2) is 5.34. The Morgan fingerprint density at radius 1 is 1.29 bits per heavy atom. The van der Waals surface area contributed by atoms with Gasteiger partial charge in [-0.1, -0.05) is 30.4 Å². The number of para-hydroxylation sites is 1. The Kier molecular flexibility index (Phi) is 3.60. The predicted molar refractivity (Wildman–Crippen MR) is 69.1 cm³/mol. The number of nitrogens with zero attached hydrogens (tertiary/aromatic N) is 1. The van der Waals surface area contributed by atoms with Crippen molar-refractivity contribution in [2.45, 2.75) is 6.42 Å². The molecule has 0 bridgehead atoms. The van der Waals surface area contributed by atoms with Crippen LogP contribution < -0.4 is 4.90 Å². The molecular formula is C14H15NO2. The van der Waals surface area contributed by atoms with Gasteiger partial charge in [-0.3, -0.25) is 0 Å². The number of benzene rings is 1. The van der Waals surface area contributed by atoms with Gasteiger partial charge >= 0.3 is 5.97 Å². The van der Waals surface area contributed by atoms with Crippen LogP contribution in [0.1, 0.15) is 12.0 Å². The lowest BCUT2D eigenvalue weighted by Crippen LogP contribution is -2.27. The van der Waals surface area contributed by atoms with Crippen molar-refractivity contribution >= 4 is 17.7 Å². The average molecular weight is 229 g/mol. The van der Waals surface area contributed by atoms with Crippen LogP contribution >= 0.6 is 0 Å². The quantitative estimate of drug-likeness (QED) is 0.639. The van der Waals surface area contributed by atoms with Gasteiger partial charge < -0.3 is 10.0 Å². The zero-order chi connectivity index (χ0) is 12.1. The van der Waals surface area contributed by atoms with E-state index >= 15 is 0 Å². The van der Waals surface area contributed by atoms with E-state index in [0.717, 1.165) is 30.8 Å². The van der Waals surface area contributed by atoms with Crippen molar-refractivity contribution in [2.75, 3.05) is 18.0 Å². The van der Waals surface area contributed by atoms with Crippen molar-refractivity contribution in [3.63, 3.8) is 0 Å². The molecule has 0 saturated heterocycles. The third kappa shape index (κ3) is 2.97. The van der Waals surface area contributed by atoms with Crippen LogP contribution in [0.3, 0.4) is 0 Å². The van der Waals surface area contributed by atoms with Gasteiger partial charge in [-0.25, -0.2) is 4.79 Å². The lowest BCUT2D eigenvalue weighted by molar-refractivity contribution is -0.131.